The summed E-state index contributed by atoms with van der Waals surface area (Å²) in [4.78, 5) is 19.3. The third-order valence-corrected chi connectivity index (χ3v) is 4.48. The molecule has 0 unspecified atom stereocenters. The van der Waals surface area contributed by atoms with Crippen LogP contribution >= 0.6 is 0 Å². The summed E-state index contributed by atoms with van der Waals surface area (Å²) in [6.45, 7) is 3.31. The molecule has 1 aliphatic rings. The van der Waals surface area contributed by atoms with Gasteiger partial charge >= 0.3 is 0 Å². The van der Waals surface area contributed by atoms with Crippen molar-refractivity contribution in [1.29, 1.82) is 0 Å². The summed E-state index contributed by atoms with van der Waals surface area (Å²) >= 11 is 0. The van der Waals surface area contributed by atoms with Gasteiger partial charge in [-0.25, -0.2) is 4.98 Å². The van der Waals surface area contributed by atoms with E-state index in [2.05, 4.69) is 15.2 Å². The normalized spacial score (nSPS) is 14.7. The Morgan fingerprint density at radius 3 is 2.68 bits per heavy atom. The Balaban J connectivity index is 1.52. The van der Waals surface area contributed by atoms with Crippen molar-refractivity contribution in [2.24, 2.45) is 7.05 Å². The van der Waals surface area contributed by atoms with Crippen LogP contribution in [0.1, 0.15) is 10.4 Å². The molecule has 0 radical (unpaired) electrons. The van der Waals surface area contributed by atoms with Crippen molar-refractivity contribution in [3.8, 4) is 0 Å². The largest absolute Gasteiger partial charge is 0.378 e. The summed E-state index contributed by atoms with van der Waals surface area (Å²) in [5, 5.41) is 3.82. The average molecular weight is 336 g/mol. The van der Waals surface area contributed by atoms with E-state index < -0.39 is 0 Å². The van der Waals surface area contributed by atoms with Crippen LogP contribution in [0, 0.1) is 0 Å². The van der Waals surface area contributed by atoms with Crippen molar-refractivity contribution < 1.29 is 9.53 Å². The molecular formula is C19H20N4O2. The molecule has 1 aliphatic heterocycles. The van der Waals surface area contributed by atoms with Crippen LogP contribution in [0.25, 0.3) is 11.0 Å². The molecular weight excluding hydrogens is 316 g/mol. The summed E-state index contributed by atoms with van der Waals surface area (Å²) in [5.74, 6) is -0.127. The number of carbonyl (C=O) groups excluding carboxylic acids is 1. The van der Waals surface area contributed by atoms with E-state index in [-0.39, 0.29) is 5.91 Å². The maximum atomic E-state index is 12.6. The van der Waals surface area contributed by atoms with Crippen LogP contribution in [0.3, 0.4) is 0 Å². The molecule has 1 saturated heterocycles. The van der Waals surface area contributed by atoms with E-state index in [1.54, 1.807) is 6.20 Å². The van der Waals surface area contributed by atoms with E-state index in [4.69, 9.17) is 4.74 Å². The summed E-state index contributed by atoms with van der Waals surface area (Å²) in [5.41, 5.74) is 3.36. The van der Waals surface area contributed by atoms with Gasteiger partial charge in [0.25, 0.3) is 5.91 Å². The Kier molecular flexibility index (Phi) is 4.11. The van der Waals surface area contributed by atoms with Crippen LogP contribution in [-0.2, 0) is 11.8 Å². The highest BCUT2D eigenvalue weighted by Crippen LogP contribution is 2.22. The Morgan fingerprint density at radius 1 is 1.16 bits per heavy atom. The molecule has 0 saturated carbocycles. The number of pyridine rings is 1. The van der Waals surface area contributed by atoms with E-state index in [1.807, 2.05) is 54.2 Å². The van der Waals surface area contributed by atoms with Crippen molar-refractivity contribution in [3.63, 3.8) is 0 Å². The van der Waals surface area contributed by atoms with Gasteiger partial charge < -0.3 is 19.5 Å². The number of aromatic nitrogens is 2. The number of hydrogen-bond donors (Lipinski definition) is 1. The van der Waals surface area contributed by atoms with Crippen molar-refractivity contribution in [3.05, 3.63) is 54.4 Å². The topological polar surface area (TPSA) is 59.4 Å². The number of amides is 1. The molecule has 6 nitrogen and oxygen atoms in total. The molecule has 1 N–H and O–H groups in total. The quantitative estimate of drug-likeness (QED) is 0.799. The van der Waals surface area contributed by atoms with Crippen molar-refractivity contribution >= 4 is 28.3 Å². The number of ether oxygens (including phenoxy) is 1. The summed E-state index contributed by atoms with van der Waals surface area (Å²) in [6, 6.07) is 11.7. The SMILES string of the molecule is Cn1cc(C(=O)Nc2ccc(N3CCOCC3)cc2)c2cccnc21. The Hall–Kier alpha value is -2.86. The molecule has 3 heterocycles. The number of benzene rings is 1. The van der Waals surface area contributed by atoms with E-state index in [0.29, 0.717) is 5.56 Å². The predicted molar refractivity (Wildman–Crippen MR) is 98.1 cm³/mol. The molecule has 1 fully saturated rings. The zero-order valence-electron chi connectivity index (χ0n) is 14.1. The number of hydrogen-bond acceptors (Lipinski definition) is 4. The minimum Gasteiger partial charge on any atom is -0.378 e. The van der Waals surface area contributed by atoms with Crippen LogP contribution in [0.5, 0.6) is 0 Å². The number of nitrogens with one attached hydrogen (secondary N) is 1. The van der Waals surface area contributed by atoms with Crippen LogP contribution in [0.2, 0.25) is 0 Å². The van der Waals surface area contributed by atoms with Crippen LogP contribution in [-0.4, -0.2) is 41.8 Å². The number of rotatable bonds is 3. The molecule has 4 rings (SSSR count). The van der Waals surface area contributed by atoms with Crippen molar-refractivity contribution in [2.45, 2.75) is 0 Å². The van der Waals surface area contributed by atoms with Crippen molar-refractivity contribution in [1.82, 2.24) is 9.55 Å². The Bertz CT molecular complexity index is 895. The van der Waals surface area contributed by atoms with Gasteiger partial charge in [0, 0.05) is 49.3 Å². The van der Waals surface area contributed by atoms with Gasteiger partial charge in [-0.3, -0.25) is 4.79 Å². The highest BCUT2D eigenvalue weighted by Gasteiger charge is 2.15. The van der Waals surface area contributed by atoms with Gasteiger partial charge in [-0.05, 0) is 36.4 Å². The second-order valence-electron chi connectivity index (χ2n) is 6.13. The van der Waals surface area contributed by atoms with E-state index >= 15 is 0 Å². The van der Waals surface area contributed by atoms with Gasteiger partial charge in [-0.15, -0.1) is 0 Å². The van der Waals surface area contributed by atoms with E-state index in [0.717, 1.165) is 48.7 Å². The zero-order valence-corrected chi connectivity index (χ0v) is 14.1. The highest BCUT2D eigenvalue weighted by molar-refractivity contribution is 6.12. The molecule has 1 amide bonds. The second-order valence-corrected chi connectivity index (χ2v) is 6.13. The van der Waals surface area contributed by atoms with Gasteiger partial charge in [0.15, 0.2) is 0 Å². The molecule has 128 valence electrons. The first kappa shape index (κ1) is 15.7. The molecule has 0 spiro atoms. The van der Waals surface area contributed by atoms with Crippen molar-refractivity contribution in [2.75, 3.05) is 36.5 Å². The monoisotopic (exact) mass is 336 g/mol. The summed E-state index contributed by atoms with van der Waals surface area (Å²) < 4.78 is 7.24. The summed E-state index contributed by atoms with van der Waals surface area (Å²) in [6.07, 6.45) is 3.55. The summed E-state index contributed by atoms with van der Waals surface area (Å²) in [7, 11) is 1.89. The number of morpholine rings is 1. The first-order valence-corrected chi connectivity index (χ1v) is 8.36. The van der Waals surface area contributed by atoms with Crippen LogP contribution < -0.4 is 10.2 Å². The first-order chi connectivity index (χ1) is 12.2. The molecule has 0 atom stereocenters. The van der Waals surface area contributed by atoms with E-state index in [9.17, 15) is 4.79 Å². The molecule has 6 heteroatoms. The maximum Gasteiger partial charge on any atom is 0.257 e. The molecule has 2 aromatic heterocycles. The average Bonchev–Trinajstić information content (AvgIpc) is 3.00. The van der Waals surface area contributed by atoms with Gasteiger partial charge in [-0.2, -0.15) is 0 Å². The maximum absolute atomic E-state index is 12.6. The molecule has 25 heavy (non-hydrogen) atoms. The fraction of sp³-hybridized carbons (Fsp3) is 0.263. The Labute approximate surface area is 146 Å². The molecule has 0 aliphatic carbocycles. The highest BCUT2D eigenvalue weighted by atomic mass is 16.5. The van der Waals surface area contributed by atoms with Crippen LogP contribution in [0.15, 0.2) is 48.8 Å². The molecule has 0 bridgehead atoms. The number of fused-ring (bicyclic) bond motifs is 1. The lowest BCUT2D eigenvalue weighted by molar-refractivity contribution is 0.102. The predicted octanol–water partition coefficient (Wildman–Crippen LogP) is 2.66. The van der Waals surface area contributed by atoms with Gasteiger partial charge in [0.2, 0.25) is 0 Å². The third-order valence-electron chi connectivity index (χ3n) is 4.48. The fourth-order valence-corrected chi connectivity index (χ4v) is 3.17. The zero-order chi connectivity index (χ0) is 17.2. The number of anilines is 2. The smallest absolute Gasteiger partial charge is 0.257 e. The minimum absolute atomic E-state index is 0.127. The van der Waals surface area contributed by atoms with Gasteiger partial charge in [0.1, 0.15) is 5.65 Å². The lowest BCUT2D eigenvalue weighted by Gasteiger charge is -2.28. The van der Waals surface area contributed by atoms with Gasteiger partial charge in [0.05, 0.1) is 18.8 Å². The lowest BCUT2D eigenvalue weighted by Crippen LogP contribution is -2.36. The Morgan fingerprint density at radius 2 is 1.92 bits per heavy atom. The first-order valence-electron chi connectivity index (χ1n) is 8.36. The standard InChI is InChI=1S/C19H20N4O2/c1-22-13-17(16-3-2-8-20-18(16)22)19(24)21-14-4-6-15(7-5-14)23-9-11-25-12-10-23/h2-8,13H,9-12H2,1H3,(H,21,24). The second kappa shape index (κ2) is 6.57. The molecule has 3 aromatic rings. The minimum atomic E-state index is -0.127. The van der Waals surface area contributed by atoms with E-state index in [1.165, 1.54) is 0 Å². The van der Waals surface area contributed by atoms with Crippen LogP contribution in [0.4, 0.5) is 11.4 Å². The number of carbonyl (C=O) groups is 1. The number of aryl methyl sites for hydroxylation is 1. The fourth-order valence-electron chi connectivity index (χ4n) is 3.17. The third kappa shape index (κ3) is 3.08. The lowest BCUT2D eigenvalue weighted by atomic mass is 10.2. The molecule has 1 aromatic carbocycles. The van der Waals surface area contributed by atoms with Gasteiger partial charge in [-0.1, -0.05) is 0 Å². The number of nitrogens with zero attached hydrogens (tertiary/aromatic N) is 3.